The van der Waals surface area contributed by atoms with Crippen LogP contribution in [0.1, 0.15) is 231 Å². The fourth-order valence-electron chi connectivity index (χ4n) is 13.9. The van der Waals surface area contributed by atoms with Crippen molar-refractivity contribution in [3.05, 3.63) is 193 Å². The Labute approximate surface area is 500 Å². The largest absolute Gasteiger partial charge is 0.310 e. The van der Waals surface area contributed by atoms with Gasteiger partial charge in [0.2, 0.25) is 0 Å². The zero-order valence-corrected chi connectivity index (χ0v) is 54.4. The van der Waals surface area contributed by atoms with Crippen molar-refractivity contribution in [2.45, 2.75) is 216 Å². The smallest absolute Gasteiger partial charge is 0.140 e. The van der Waals surface area contributed by atoms with Gasteiger partial charge in [0.05, 0.1) is 0 Å². The van der Waals surface area contributed by atoms with E-state index < -0.39 is 0 Å². The molecule has 0 spiro atoms. The molecule has 3 aliphatic carbocycles. The number of anilines is 3. The lowest BCUT2D eigenvalue weighted by Crippen LogP contribution is -2.43. The molecule has 1 nitrogen and oxygen atoms in total. The third kappa shape index (κ3) is 13.3. The van der Waals surface area contributed by atoms with Gasteiger partial charge in [-0.05, 0) is 225 Å². The minimum absolute atomic E-state index is 0.0804. The third-order valence-corrected chi connectivity index (χ3v) is 20.0. The van der Waals surface area contributed by atoms with E-state index in [0.717, 1.165) is 51.4 Å². The number of hydrogen-bond donors (Lipinski definition) is 0. The summed E-state index contributed by atoms with van der Waals surface area (Å²) in [6.45, 7) is 36.4. The number of nitrogens with zero attached hydrogens (tertiary/aromatic N) is 1. The van der Waals surface area contributed by atoms with Crippen LogP contribution in [0.15, 0.2) is 133 Å². The molecule has 3 unspecified atom stereocenters. The van der Waals surface area contributed by atoms with E-state index in [2.05, 4.69) is 264 Å². The summed E-state index contributed by atoms with van der Waals surface area (Å²) in [6, 6.07) is 32.4. The third-order valence-electron chi connectivity index (χ3n) is 20.0. The summed E-state index contributed by atoms with van der Waals surface area (Å²) in [5.41, 5.74) is 22.1. The highest BCUT2D eigenvalue weighted by molar-refractivity contribution is 6.42. The first-order valence-corrected chi connectivity index (χ1v) is 32.4. The molecule has 5 aromatic rings. The summed E-state index contributed by atoms with van der Waals surface area (Å²) in [7, 11) is 4.84. The van der Waals surface area contributed by atoms with E-state index in [9.17, 15) is 0 Å². The molecule has 0 N–H and O–H groups in total. The lowest BCUT2D eigenvalue weighted by Gasteiger charge is -2.43. The molecule has 0 heterocycles. The van der Waals surface area contributed by atoms with E-state index in [-0.39, 0.29) is 16.2 Å². The van der Waals surface area contributed by atoms with Crippen LogP contribution >= 0.6 is 0 Å². The topological polar surface area (TPSA) is 3.24 Å². The van der Waals surface area contributed by atoms with E-state index >= 15 is 0 Å². The zero-order chi connectivity index (χ0) is 59.1. The highest BCUT2D eigenvalue weighted by Gasteiger charge is 2.38. The molecule has 0 aromatic heterocycles. The van der Waals surface area contributed by atoms with Gasteiger partial charge in [-0.1, -0.05) is 241 Å². The Bertz CT molecular complexity index is 3550. The van der Waals surface area contributed by atoms with Crippen molar-refractivity contribution in [1.82, 2.24) is 0 Å². The molecule has 0 amide bonds. The van der Waals surface area contributed by atoms with Crippen LogP contribution < -0.4 is 31.5 Å². The van der Waals surface area contributed by atoms with Crippen LogP contribution in [0, 0.1) is 11.8 Å². The standard InChI is InChI=1S/C79H103B2N/c1-16-20-29-43-79(15,53(5)6)71-48-60(80)47-59(19-4)75-57(10)68-52-73-72(77(11,12)44-45-78(73,13)14)51-67(68)56(9)35-26-28-40-66(75)69-49-62(50-70(71)76(69)81)82(61-38-30-37-58(46-61)36-24-22-21-23-33-54(7)18-3)74-42-31-41-64(65(74)32-17-2)63-39-27-25-34-55(63)8/h19,21-24,26-28,30-31,37-42,46-54,56H,16-18,20,25,29,32-36,43-45,80-81H2,1-15H3/b23-21-,24-22-,28-26+,59-19-,60-47?,66-40+,71-48?,75-57+. The Morgan fingerprint density at radius 2 is 1.50 bits per heavy atom. The van der Waals surface area contributed by atoms with Crippen molar-refractivity contribution in [3.63, 3.8) is 0 Å². The van der Waals surface area contributed by atoms with Crippen LogP contribution in [0.3, 0.4) is 0 Å². The van der Waals surface area contributed by atoms with Crippen molar-refractivity contribution in [1.29, 1.82) is 0 Å². The number of rotatable bonds is 18. The minimum atomic E-state index is -0.0983. The first-order chi connectivity index (χ1) is 39.2. The normalized spacial score (nSPS) is 19.6. The van der Waals surface area contributed by atoms with Crippen LogP contribution in [-0.2, 0) is 29.1 Å². The molecular weight excluding hydrogens is 984 g/mol. The maximum atomic E-state index is 2.68. The first-order valence-electron chi connectivity index (χ1n) is 32.4. The quantitative estimate of drug-likeness (QED) is 0.0480. The van der Waals surface area contributed by atoms with Crippen LogP contribution in [0.2, 0.25) is 0 Å². The molecule has 0 radical (unpaired) electrons. The Morgan fingerprint density at radius 1 is 0.780 bits per heavy atom. The van der Waals surface area contributed by atoms with Gasteiger partial charge in [0.15, 0.2) is 0 Å². The Kier molecular flexibility index (Phi) is 20.4. The monoisotopic (exact) mass is 1090 g/mol. The molecule has 3 heteroatoms. The van der Waals surface area contributed by atoms with Crippen LogP contribution in [-0.4, -0.2) is 15.7 Å². The highest BCUT2D eigenvalue weighted by Crippen LogP contribution is 2.49. The Morgan fingerprint density at radius 3 is 2.20 bits per heavy atom. The van der Waals surface area contributed by atoms with Gasteiger partial charge in [0, 0.05) is 17.1 Å². The van der Waals surface area contributed by atoms with E-state index in [1.165, 1.54) is 149 Å². The predicted molar refractivity (Wildman–Crippen MR) is 371 cm³/mol. The highest BCUT2D eigenvalue weighted by atomic mass is 15.1. The number of fused-ring (bicyclic) bond motifs is 6. The van der Waals surface area contributed by atoms with Gasteiger partial charge in [-0.15, -0.1) is 0 Å². The van der Waals surface area contributed by atoms with Gasteiger partial charge >= 0.3 is 0 Å². The molecule has 3 atom stereocenters. The summed E-state index contributed by atoms with van der Waals surface area (Å²) in [4.78, 5) is 2.68. The second-order valence-corrected chi connectivity index (χ2v) is 27.3. The first kappa shape index (κ1) is 62.3. The molecule has 0 aliphatic heterocycles. The molecule has 8 rings (SSSR count). The van der Waals surface area contributed by atoms with Crippen LogP contribution in [0.25, 0.3) is 34.1 Å². The molecule has 5 aromatic carbocycles. The van der Waals surface area contributed by atoms with Crippen molar-refractivity contribution in [3.8, 4) is 0 Å². The Hall–Kier alpha value is -5.79. The van der Waals surface area contributed by atoms with E-state index in [0.29, 0.717) is 17.8 Å². The van der Waals surface area contributed by atoms with Crippen molar-refractivity contribution >= 4 is 77.8 Å². The van der Waals surface area contributed by atoms with E-state index in [4.69, 9.17) is 0 Å². The summed E-state index contributed by atoms with van der Waals surface area (Å²) in [6.07, 6.45) is 39.3. The van der Waals surface area contributed by atoms with Crippen molar-refractivity contribution in [2.75, 3.05) is 4.90 Å². The number of benzene rings is 4. The fourth-order valence-corrected chi connectivity index (χ4v) is 13.9. The Balaban J connectivity index is 1.59. The summed E-state index contributed by atoms with van der Waals surface area (Å²) >= 11 is 0. The molecule has 2 bridgehead atoms. The number of allylic oxidation sites excluding steroid dienone is 10. The second kappa shape index (κ2) is 26.8. The lowest BCUT2D eigenvalue weighted by molar-refractivity contribution is 0.305. The van der Waals surface area contributed by atoms with Gasteiger partial charge in [0.25, 0.3) is 0 Å². The van der Waals surface area contributed by atoms with Crippen LogP contribution in [0.4, 0.5) is 17.1 Å². The number of unbranched alkanes of at least 4 members (excludes halogenated alkanes) is 2. The zero-order valence-electron chi connectivity index (χ0n) is 54.4. The average molecular weight is 1090 g/mol. The maximum absolute atomic E-state index is 2.68. The molecule has 82 heavy (non-hydrogen) atoms. The fraction of sp³-hybridized carbons (Fsp3) is 0.443. The predicted octanol–water partition coefficient (Wildman–Crippen LogP) is 17.5. The van der Waals surface area contributed by atoms with Crippen molar-refractivity contribution < 1.29 is 0 Å². The second-order valence-electron chi connectivity index (χ2n) is 27.3. The van der Waals surface area contributed by atoms with Gasteiger partial charge in [0.1, 0.15) is 15.7 Å². The number of hydrogen-bond acceptors (Lipinski definition) is 1. The molecule has 0 saturated heterocycles. The lowest BCUT2D eigenvalue weighted by atomic mass is 9.62. The molecule has 430 valence electrons. The molecule has 0 fully saturated rings. The average Bonchev–Trinajstić information content (AvgIpc) is 3.27. The summed E-state index contributed by atoms with van der Waals surface area (Å²) in [5, 5.41) is 6.55. The molecular formula is C79H103B2N. The summed E-state index contributed by atoms with van der Waals surface area (Å²) < 4.78 is 0. The van der Waals surface area contributed by atoms with Crippen LogP contribution in [0.5, 0.6) is 0 Å². The molecule has 3 aliphatic rings. The van der Waals surface area contributed by atoms with Crippen molar-refractivity contribution in [2.24, 2.45) is 11.8 Å². The summed E-state index contributed by atoms with van der Waals surface area (Å²) in [5.74, 6) is 1.47. The van der Waals surface area contributed by atoms with Gasteiger partial charge in [-0.3, -0.25) is 0 Å². The SMILES string of the molecule is Bc1cc(C(C)(CCCCC)C(C)C)c2cc(N(c3cccc(C/C=C\C=C/CC(C)CC)c3)c3cccc(C4=C(C)CCC=C4)c3CCC)cc(c2B)c2/c(c(=C\C)/c1)=C(\C)c1cc3c(cc1C(C)C/C=C/C=2)C(C)(C)CCC3(C)C. The minimum Gasteiger partial charge on any atom is -0.310 e. The van der Waals surface area contributed by atoms with Gasteiger partial charge in [-0.25, -0.2) is 0 Å². The van der Waals surface area contributed by atoms with Gasteiger partial charge < -0.3 is 4.90 Å². The molecule has 0 saturated carbocycles. The van der Waals surface area contributed by atoms with E-state index in [1.54, 1.807) is 5.56 Å². The van der Waals surface area contributed by atoms with E-state index in [1.807, 2.05) is 0 Å². The van der Waals surface area contributed by atoms with Gasteiger partial charge in [-0.2, -0.15) is 0 Å². The maximum Gasteiger partial charge on any atom is 0.140 e.